The van der Waals surface area contributed by atoms with Gasteiger partial charge in [-0.3, -0.25) is 0 Å². The van der Waals surface area contributed by atoms with Gasteiger partial charge in [-0.05, 0) is 57.3 Å². The molecule has 0 amide bonds. The molecule has 0 spiro atoms. The smallest absolute Gasteiger partial charge is 0.0119 e. The molecule has 0 aliphatic carbocycles. The third kappa shape index (κ3) is 7.28. The van der Waals surface area contributed by atoms with Crippen molar-refractivity contribution in [1.29, 1.82) is 0 Å². The van der Waals surface area contributed by atoms with Crippen LogP contribution in [-0.2, 0) is 0 Å². The molecule has 2 nitrogen and oxygen atoms in total. The first-order chi connectivity index (χ1) is 7.53. The lowest BCUT2D eigenvalue weighted by Crippen LogP contribution is -2.44. The molecule has 1 heterocycles. The van der Waals surface area contributed by atoms with Crippen LogP contribution in [0.3, 0.4) is 0 Å². The van der Waals surface area contributed by atoms with Crippen LogP contribution in [0.5, 0.6) is 0 Å². The van der Waals surface area contributed by atoms with Crippen LogP contribution in [-0.4, -0.2) is 37.1 Å². The van der Waals surface area contributed by atoms with E-state index in [9.17, 15) is 0 Å². The van der Waals surface area contributed by atoms with Gasteiger partial charge in [-0.1, -0.05) is 27.7 Å². The second-order valence-corrected chi connectivity index (χ2v) is 6.33. The summed E-state index contributed by atoms with van der Waals surface area (Å²) in [6.07, 6.45) is 5.28. The molecule has 1 N–H and O–H groups in total. The first kappa shape index (κ1) is 17.2. The largest absolute Gasteiger partial charge is 0.317 e. The van der Waals surface area contributed by atoms with Crippen LogP contribution in [0.25, 0.3) is 0 Å². The van der Waals surface area contributed by atoms with Crippen molar-refractivity contribution in [2.45, 2.75) is 59.4 Å². The molecule has 1 aliphatic rings. The maximum Gasteiger partial charge on any atom is 0.0119 e. The lowest BCUT2D eigenvalue weighted by atomic mass is 9.91. The fourth-order valence-electron chi connectivity index (χ4n) is 2.42. The van der Waals surface area contributed by atoms with Gasteiger partial charge in [-0.25, -0.2) is 0 Å². The fraction of sp³-hybridized carbons (Fsp3) is 1.00. The van der Waals surface area contributed by atoms with Gasteiger partial charge in [0.15, 0.2) is 0 Å². The quantitative estimate of drug-likeness (QED) is 0.818. The van der Waals surface area contributed by atoms with Crippen molar-refractivity contribution < 1.29 is 0 Å². The van der Waals surface area contributed by atoms with Gasteiger partial charge < -0.3 is 10.2 Å². The average Bonchev–Trinajstić information content (AvgIpc) is 2.24. The fourth-order valence-corrected chi connectivity index (χ4v) is 2.42. The molecule has 1 rings (SSSR count). The standard InChI is InChI=1S/C14H30N2.ClH/c1-5-11-16(12-8-14(2,3)4)13-6-9-15-10-7-13;/h13,15H,5-12H2,1-4H3;1H. The molecule has 1 saturated heterocycles. The first-order valence-corrected chi connectivity index (χ1v) is 6.97. The van der Waals surface area contributed by atoms with Crippen LogP contribution >= 0.6 is 12.4 Å². The van der Waals surface area contributed by atoms with Crippen LogP contribution < -0.4 is 5.32 Å². The molecule has 0 saturated carbocycles. The summed E-state index contributed by atoms with van der Waals surface area (Å²) >= 11 is 0. The van der Waals surface area contributed by atoms with E-state index in [4.69, 9.17) is 0 Å². The number of nitrogens with one attached hydrogen (secondary N) is 1. The third-order valence-electron chi connectivity index (χ3n) is 3.48. The van der Waals surface area contributed by atoms with E-state index >= 15 is 0 Å². The summed E-state index contributed by atoms with van der Waals surface area (Å²) in [6.45, 7) is 14.3. The highest BCUT2D eigenvalue weighted by atomic mass is 35.5. The Morgan fingerprint density at radius 1 is 1.12 bits per heavy atom. The number of hydrogen-bond donors (Lipinski definition) is 1. The van der Waals surface area contributed by atoms with Crippen molar-refractivity contribution in [3.8, 4) is 0 Å². The topological polar surface area (TPSA) is 15.3 Å². The van der Waals surface area contributed by atoms with Crippen molar-refractivity contribution in [3.63, 3.8) is 0 Å². The molecule has 3 heteroatoms. The normalized spacial score (nSPS) is 18.2. The Balaban J connectivity index is 0.00000256. The molecule has 0 aromatic heterocycles. The lowest BCUT2D eigenvalue weighted by molar-refractivity contribution is 0.142. The summed E-state index contributed by atoms with van der Waals surface area (Å²) in [4.78, 5) is 2.73. The van der Waals surface area contributed by atoms with Crippen LogP contribution in [0, 0.1) is 5.41 Å². The van der Waals surface area contributed by atoms with Crippen molar-refractivity contribution in [3.05, 3.63) is 0 Å². The molecule has 0 atom stereocenters. The summed E-state index contributed by atoms with van der Waals surface area (Å²) in [7, 11) is 0. The van der Waals surface area contributed by atoms with Gasteiger partial charge >= 0.3 is 0 Å². The van der Waals surface area contributed by atoms with Gasteiger partial charge in [0.05, 0.1) is 0 Å². The van der Waals surface area contributed by atoms with Gasteiger partial charge in [-0.2, -0.15) is 0 Å². The Hall–Kier alpha value is 0.210. The lowest BCUT2D eigenvalue weighted by Gasteiger charge is -2.36. The minimum atomic E-state index is 0. The van der Waals surface area contributed by atoms with Crippen LogP contribution in [0.1, 0.15) is 53.4 Å². The molecule has 104 valence electrons. The summed E-state index contributed by atoms with van der Waals surface area (Å²) in [6, 6.07) is 0.837. The van der Waals surface area contributed by atoms with E-state index in [1.54, 1.807) is 0 Å². The third-order valence-corrected chi connectivity index (χ3v) is 3.48. The van der Waals surface area contributed by atoms with Gasteiger partial charge in [0, 0.05) is 6.04 Å². The number of piperidine rings is 1. The Morgan fingerprint density at radius 3 is 2.18 bits per heavy atom. The van der Waals surface area contributed by atoms with E-state index in [2.05, 4.69) is 37.9 Å². The Bertz CT molecular complexity index is 183. The van der Waals surface area contributed by atoms with E-state index in [-0.39, 0.29) is 12.4 Å². The molecule has 1 aliphatic heterocycles. The van der Waals surface area contributed by atoms with Gasteiger partial charge in [0.25, 0.3) is 0 Å². The summed E-state index contributed by atoms with van der Waals surface area (Å²) in [5.74, 6) is 0. The SMILES string of the molecule is CCCN(CCC(C)(C)C)C1CCNCC1.Cl. The van der Waals surface area contributed by atoms with Gasteiger partial charge in [-0.15, -0.1) is 12.4 Å². The monoisotopic (exact) mass is 262 g/mol. The molecule has 0 aromatic rings. The van der Waals surface area contributed by atoms with Crippen molar-refractivity contribution >= 4 is 12.4 Å². The maximum absolute atomic E-state index is 3.46. The highest BCUT2D eigenvalue weighted by Crippen LogP contribution is 2.21. The van der Waals surface area contributed by atoms with Gasteiger partial charge in [0.1, 0.15) is 0 Å². The van der Waals surface area contributed by atoms with Crippen LogP contribution in [0.15, 0.2) is 0 Å². The number of hydrogen-bond acceptors (Lipinski definition) is 2. The zero-order valence-corrected chi connectivity index (χ0v) is 12.9. The highest BCUT2D eigenvalue weighted by molar-refractivity contribution is 5.85. The van der Waals surface area contributed by atoms with E-state index in [1.807, 2.05) is 0 Å². The summed E-state index contributed by atoms with van der Waals surface area (Å²) < 4.78 is 0. The molecule has 0 aromatic carbocycles. The van der Waals surface area contributed by atoms with E-state index in [0.717, 1.165) is 6.04 Å². The average molecular weight is 263 g/mol. The molecule has 0 unspecified atom stereocenters. The molecule has 1 fully saturated rings. The summed E-state index contributed by atoms with van der Waals surface area (Å²) in [5, 5.41) is 3.46. The maximum atomic E-state index is 3.46. The zero-order chi connectivity index (χ0) is 12.0. The first-order valence-electron chi connectivity index (χ1n) is 6.97. The van der Waals surface area contributed by atoms with Gasteiger partial charge in [0.2, 0.25) is 0 Å². The zero-order valence-electron chi connectivity index (χ0n) is 12.1. The highest BCUT2D eigenvalue weighted by Gasteiger charge is 2.21. The van der Waals surface area contributed by atoms with Crippen molar-refractivity contribution in [2.24, 2.45) is 5.41 Å². The number of rotatable bonds is 5. The Labute approximate surface area is 114 Å². The van der Waals surface area contributed by atoms with E-state index in [1.165, 1.54) is 51.9 Å². The Kier molecular flexibility index (Phi) is 8.44. The second-order valence-electron chi connectivity index (χ2n) is 6.33. The number of halogens is 1. The molecular weight excluding hydrogens is 232 g/mol. The minimum absolute atomic E-state index is 0. The molecule has 0 bridgehead atoms. The summed E-state index contributed by atoms with van der Waals surface area (Å²) in [5.41, 5.74) is 0.471. The van der Waals surface area contributed by atoms with E-state index in [0.29, 0.717) is 5.41 Å². The van der Waals surface area contributed by atoms with Crippen LogP contribution in [0.2, 0.25) is 0 Å². The predicted molar refractivity (Wildman–Crippen MR) is 79.1 cm³/mol. The predicted octanol–water partition coefficient (Wildman–Crippen LogP) is 3.31. The Morgan fingerprint density at radius 2 is 1.71 bits per heavy atom. The molecular formula is C14H31ClN2. The van der Waals surface area contributed by atoms with E-state index < -0.39 is 0 Å². The minimum Gasteiger partial charge on any atom is -0.317 e. The number of nitrogens with zero attached hydrogens (tertiary/aromatic N) is 1. The van der Waals surface area contributed by atoms with Crippen LogP contribution in [0.4, 0.5) is 0 Å². The molecule has 17 heavy (non-hydrogen) atoms. The van der Waals surface area contributed by atoms with Crippen molar-refractivity contribution in [2.75, 3.05) is 26.2 Å². The molecule has 0 radical (unpaired) electrons. The van der Waals surface area contributed by atoms with Crippen molar-refractivity contribution in [1.82, 2.24) is 10.2 Å². The second kappa shape index (κ2) is 8.34.